The second kappa shape index (κ2) is 4.98. The van der Waals surface area contributed by atoms with E-state index in [0.29, 0.717) is 5.82 Å². The van der Waals surface area contributed by atoms with Crippen LogP contribution in [0, 0.1) is 13.8 Å². The Morgan fingerprint density at radius 3 is 2.85 bits per heavy atom. The number of carbonyl (C=O) groups excluding carboxylic acids is 1. The fourth-order valence-electron chi connectivity index (χ4n) is 2.48. The lowest BCUT2D eigenvalue weighted by Gasteiger charge is -2.18. The molecule has 1 aliphatic rings. The van der Waals surface area contributed by atoms with Gasteiger partial charge in [-0.05, 0) is 26.3 Å². The normalized spacial score (nSPS) is 22.1. The van der Waals surface area contributed by atoms with Gasteiger partial charge in [0.2, 0.25) is 5.91 Å². The molecule has 4 nitrogen and oxygen atoms in total. The SMILES string of the molecule is Cc1cccc([C@@H]2S[C@@H](C)C(=O)Nc3n[nH]c(C)c32)c1. The minimum atomic E-state index is -0.103. The molecule has 0 radical (unpaired) electrons. The molecule has 1 amide bonds. The fourth-order valence-corrected chi connectivity index (χ4v) is 3.80. The lowest BCUT2D eigenvalue weighted by molar-refractivity contribution is -0.115. The zero-order valence-corrected chi connectivity index (χ0v) is 12.5. The van der Waals surface area contributed by atoms with E-state index in [2.05, 4.69) is 46.7 Å². The maximum Gasteiger partial charge on any atom is 0.238 e. The van der Waals surface area contributed by atoms with E-state index in [9.17, 15) is 4.79 Å². The zero-order valence-electron chi connectivity index (χ0n) is 11.7. The van der Waals surface area contributed by atoms with Gasteiger partial charge in [-0.1, -0.05) is 29.8 Å². The molecule has 1 aromatic carbocycles. The Bertz CT molecular complexity index is 665. The van der Waals surface area contributed by atoms with Gasteiger partial charge in [0.25, 0.3) is 0 Å². The van der Waals surface area contributed by atoms with E-state index >= 15 is 0 Å². The molecule has 1 aliphatic heterocycles. The number of amides is 1. The van der Waals surface area contributed by atoms with Crippen molar-refractivity contribution in [3.8, 4) is 0 Å². The highest BCUT2D eigenvalue weighted by Crippen LogP contribution is 2.44. The second-order valence-corrected chi connectivity index (χ2v) is 6.62. The maximum absolute atomic E-state index is 12.0. The van der Waals surface area contributed by atoms with Crippen LogP contribution in [-0.2, 0) is 4.79 Å². The van der Waals surface area contributed by atoms with Gasteiger partial charge < -0.3 is 5.32 Å². The van der Waals surface area contributed by atoms with E-state index in [4.69, 9.17) is 0 Å². The van der Waals surface area contributed by atoms with E-state index in [1.54, 1.807) is 11.8 Å². The van der Waals surface area contributed by atoms with Crippen molar-refractivity contribution in [3.05, 3.63) is 46.6 Å². The zero-order chi connectivity index (χ0) is 14.3. The first-order valence-electron chi connectivity index (χ1n) is 6.64. The number of anilines is 1. The summed E-state index contributed by atoms with van der Waals surface area (Å²) in [5, 5.41) is 10.1. The van der Waals surface area contributed by atoms with Gasteiger partial charge >= 0.3 is 0 Å². The molecule has 0 fully saturated rings. The van der Waals surface area contributed by atoms with Crippen molar-refractivity contribution in [2.75, 3.05) is 5.32 Å². The molecule has 1 aromatic heterocycles. The van der Waals surface area contributed by atoms with Crippen LogP contribution in [0.5, 0.6) is 0 Å². The van der Waals surface area contributed by atoms with Crippen LogP contribution < -0.4 is 5.32 Å². The van der Waals surface area contributed by atoms with Crippen molar-refractivity contribution in [2.45, 2.75) is 31.3 Å². The summed E-state index contributed by atoms with van der Waals surface area (Å²) in [6.45, 7) is 6.02. The Balaban J connectivity index is 2.13. The number of thioether (sulfide) groups is 1. The van der Waals surface area contributed by atoms with Crippen LogP contribution in [0.15, 0.2) is 24.3 Å². The standard InChI is InChI=1S/C15H17N3OS/c1-8-5-4-6-11(7-8)13-12-9(2)17-18-14(12)16-15(19)10(3)20-13/h4-7,10,13H,1-3H3,(H2,16,17,18,19)/t10-,13-/m0/s1. The first-order valence-corrected chi connectivity index (χ1v) is 7.58. The van der Waals surface area contributed by atoms with Crippen LogP contribution in [0.3, 0.4) is 0 Å². The molecular formula is C15H17N3OS. The van der Waals surface area contributed by atoms with Crippen molar-refractivity contribution in [3.63, 3.8) is 0 Å². The minimum absolute atomic E-state index is 0.0119. The lowest BCUT2D eigenvalue weighted by Crippen LogP contribution is -2.21. The van der Waals surface area contributed by atoms with E-state index in [1.165, 1.54) is 11.1 Å². The number of aryl methyl sites for hydroxylation is 2. The molecule has 5 heteroatoms. The highest BCUT2D eigenvalue weighted by molar-refractivity contribution is 8.01. The highest BCUT2D eigenvalue weighted by atomic mass is 32.2. The number of hydrogen-bond acceptors (Lipinski definition) is 3. The minimum Gasteiger partial charge on any atom is -0.308 e. The van der Waals surface area contributed by atoms with Gasteiger partial charge in [0.05, 0.1) is 10.5 Å². The van der Waals surface area contributed by atoms with E-state index in [-0.39, 0.29) is 16.4 Å². The number of aromatic amines is 1. The van der Waals surface area contributed by atoms with Crippen LogP contribution in [0.2, 0.25) is 0 Å². The maximum atomic E-state index is 12.0. The molecule has 2 atom stereocenters. The summed E-state index contributed by atoms with van der Waals surface area (Å²) in [6, 6.07) is 8.44. The molecule has 2 N–H and O–H groups in total. The number of carbonyl (C=O) groups is 1. The third kappa shape index (κ3) is 2.22. The Morgan fingerprint density at radius 2 is 2.10 bits per heavy atom. The number of hydrogen-bond donors (Lipinski definition) is 2. The largest absolute Gasteiger partial charge is 0.308 e. The first kappa shape index (κ1) is 13.2. The number of aromatic nitrogens is 2. The molecule has 2 aromatic rings. The average molecular weight is 287 g/mol. The summed E-state index contributed by atoms with van der Waals surface area (Å²) in [5.41, 5.74) is 4.53. The Labute approximate surface area is 122 Å². The van der Waals surface area contributed by atoms with Crippen LogP contribution >= 0.6 is 11.8 Å². The summed E-state index contributed by atoms with van der Waals surface area (Å²) < 4.78 is 0. The smallest absolute Gasteiger partial charge is 0.238 e. The van der Waals surface area contributed by atoms with Crippen molar-refractivity contribution in [2.24, 2.45) is 0 Å². The van der Waals surface area contributed by atoms with Crippen LogP contribution in [0.4, 0.5) is 5.82 Å². The topological polar surface area (TPSA) is 57.8 Å². The van der Waals surface area contributed by atoms with Crippen LogP contribution in [0.1, 0.15) is 34.6 Å². The van der Waals surface area contributed by atoms with Crippen molar-refractivity contribution in [1.29, 1.82) is 0 Å². The summed E-state index contributed by atoms with van der Waals surface area (Å²) in [4.78, 5) is 12.0. The number of fused-ring (bicyclic) bond motifs is 1. The van der Waals surface area contributed by atoms with Gasteiger partial charge in [0, 0.05) is 11.3 Å². The molecule has 0 saturated heterocycles. The number of nitrogens with one attached hydrogen (secondary N) is 2. The van der Waals surface area contributed by atoms with Crippen molar-refractivity contribution >= 4 is 23.5 Å². The number of nitrogens with zero attached hydrogens (tertiary/aromatic N) is 1. The van der Waals surface area contributed by atoms with E-state index < -0.39 is 0 Å². The van der Waals surface area contributed by atoms with Gasteiger partial charge in [0.15, 0.2) is 5.82 Å². The second-order valence-electron chi connectivity index (χ2n) is 5.17. The Kier molecular flexibility index (Phi) is 3.30. The van der Waals surface area contributed by atoms with Crippen LogP contribution in [0.25, 0.3) is 0 Å². The predicted molar refractivity (Wildman–Crippen MR) is 82.0 cm³/mol. The van der Waals surface area contributed by atoms with E-state index in [1.807, 2.05) is 13.8 Å². The van der Waals surface area contributed by atoms with Crippen molar-refractivity contribution < 1.29 is 4.79 Å². The Hall–Kier alpha value is -1.75. The third-order valence-corrected chi connectivity index (χ3v) is 4.95. The van der Waals surface area contributed by atoms with Crippen molar-refractivity contribution in [1.82, 2.24) is 10.2 Å². The summed E-state index contributed by atoms with van der Waals surface area (Å²) in [7, 11) is 0. The summed E-state index contributed by atoms with van der Waals surface area (Å²) in [5.74, 6) is 0.675. The highest BCUT2D eigenvalue weighted by Gasteiger charge is 2.32. The first-order chi connectivity index (χ1) is 9.56. The molecule has 0 saturated carbocycles. The predicted octanol–water partition coefficient (Wildman–Crippen LogP) is 3.19. The molecule has 20 heavy (non-hydrogen) atoms. The Morgan fingerprint density at radius 1 is 1.30 bits per heavy atom. The molecule has 0 spiro atoms. The van der Waals surface area contributed by atoms with Gasteiger partial charge in [-0.3, -0.25) is 9.89 Å². The fraction of sp³-hybridized carbons (Fsp3) is 0.333. The number of rotatable bonds is 1. The third-order valence-electron chi connectivity index (χ3n) is 3.55. The molecule has 104 valence electrons. The molecule has 3 rings (SSSR count). The van der Waals surface area contributed by atoms with E-state index in [0.717, 1.165) is 11.3 Å². The van der Waals surface area contributed by atoms with Gasteiger partial charge in [-0.25, -0.2) is 0 Å². The van der Waals surface area contributed by atoms with Gasteiger partial charge in [-0.15, -0.1) is 11.8 Å². The number of benzene rings is 1. The van der Waals surface area contributed by atoms with Gasteiger partial charge in [0.1, 0.15) is 0 Å². The quantitative estimate of drug-likeness (QED) is 0.847. The number of H-pyrrole nitrogens is 1. The monoisotopic (exact) mass is 287 g/mol. The summed E-state index contributed by atoms with van der Waals surface area (Å²) in [6.07, 6.45) is 0. The lowest BCUT2D eigenvalue weighted by atomic mass is 10.0. The van der Waals surface area contributed by atoms with Crippen LogP contribution in [-0.4, -0.2) is 21.4 Å². The molecule has 0 bridgehead atoms. The average Bonchev–Trinajstić information content (AvgIpc) is 2.70. The summed E-state index contributed by atoms with van der Waals surface area (Å²) >= 11 is 1.67. The molecule has 0 aliphatic carbocycles. The molecule has 2 heterocycles. The molecular weight excluding hydrogens is 270 g/mol. The van der Waals surface area contributed by atoms with Gasteiger partial charge in [-0.2, -0.15) is 5.10 Å². The molecule has 0 unspecified atom stereocenters.